The van der Waals surface area contributed by atoms with E-state index in [9.17, 15) is 9.90 Å². The van der Waals surface area contributed by atoms with Gasteiger partial charge >= 0.3 is 0 Å². The molecule has 6 rings (SSSR count). The maximum atomic E-state index is 13.8. The monoisotopic (exact) mass is 675 g/mol. The Morgan fingerprint density at radius 3 is 2.48 bits per heavy atom. The number of nitrogens with one attached hydrogen (secondary N) is 1. The summed E-state index contributed by atoms with van der Waals surface area (Å²) in [5.74, 6) is 0.0716. The van der Waals surface area contributed by atoms with Gasteiger partial charge in [0.1, 0.15) is 5.75 Å². The summed E-state index contributed by atoms with van der Waals surface area (Å²) in [4.78, 5) is 21.2. The molecule has 4 aromatic rings. The van der Waals surface area contributed by atoms with Gasteiger partial charge in [-0.15, -0.1) is 0 Å². The van der Waals surface area contributed by atoms with Crippen LogP contribution in [0.15, 0.2) is 66.7 Å². The quantitative estimate of drug-likeness (QED) is 0.202. The molecule has 46 heavy (non-hydrogen) atoms. The molecule has 2 aliphatic rings. The van der Waals surface area contributed by atoms with Gasteiger partial charge in [-0.3, -0.25) is 9.78 Å². The summed E-state index contributed by atoms with van der Waals surface area (Å²) < 4.78 is 5.77. The number of benzene rings is 3. The van der Waals surface area contributed by atoms with Gasteiger partial charge in [0.2, 0.25) is 0 Å². The average molecular weight is 677 g/mol. The third-order valence-electron chi connectivity index (χ3n) is 8.65. The standard InChI is InChI=1S/C37H36Cl3N3O3/c1-21-19-43(25-13-14-25)20-24-15-23(16-31(46-4)32(21)24)36(44)41-18-27(22-9-6-5-7-10-22)30-17-28(37(2,3)45)34(40)35(42-30)26-11-8-12-29(38)33(26)39/h5-12,15-17,20,25,27,45H,13-14,18-19H2,1-4H3,(H,41,44). The second kappa shape index (κ2) is 12.9. The SMILES string of the molecule is COc1cc(C(=O)NCC(c2ccccc2)c2cc(C(C)(C)O)c(Cl)c(-c3cccc(Cl)c3Cl)n2)cc2c1=C(C)CN(C1CC1)C=2. The van der Waals surface area contributed by atoms with Gasteiger partial charge < -0.3 is 20.1 Å². The fraction of sp³-hybridized carbons (Fsp3) is 0.297. The van der Waals surface area contributed by atoms with Crippen LogP contribution in [-0.2, 0) is 5.60 Å². The number of pyridine rings is 1. The van der Waals surface area contributed by atoms with Gasteiger partial charge in [0.15, 0.2) is 0 Å². The van der Waals surface area contributed by atoms with Crippen molar-refractivity contribution in [3.05, 3.63) is 115 Å². The minimum Gasteiger partial charge on any atom is -0.496 e. The van der Waals surface area contributed by atoms with Crippen molar-refractivity contribution in [3.8, 4) is 17.0 Å². The fourth-order valence-corrected chi connectivity index (χ4v) is 6.94. The van der Waals surface area contributed by atoms with Gasteiger partial charge in [-0.05, 0) is 69.0 Å². The van der Waals surface area contributed by atoms with Crippen LogP contribution in [0, 0.1) is 0 Å². The van der Waals surface area contributed by atoms with Crippen LogP contribution in [0.2, 0.25) is 15.1 Å². The fourth-order valence-electron chi connectivity index (χ4n) is 6.12. The topological polar surface area (TPSA) is 74.7 Å². The zero-order valence-corrected chi connectivity index (χ0v) is 28.5. The van der Waals surface area contributed by atoms with Gasteiger partial charge in [0.25, 0.3) is 5.91 Å². The summed E-state index contributed by atoms with van der Waals surface area (Å²) in [6.07, 6.45) is 4.54. The number of rotatable bonds is 9. The van der Waals surface area contributed by atoms with E-state index >= 15 is 0 Å². The Labute approximate surface area is 284 Å². The van der Waals surface area contributed by atoms with Crippen molar-refractivity contribution < 1.29 is 14.6 Å². The lowest BCUT2D eigenvalue weighted by atomic mass is 9.89. The molecule has 3 aromatic carbocycles. The normalized spacial score (nSPS) is 15.2. The zero-order valence-electron chi connectivity index (χ0n) is 26.2. The third-order valence-corrected chi connectivity index (χ3v) is 9.85. The molecule has 1 aromatic heterocycles. The number of amides is 1. The Morgan fingerprint density at radius 1 is 1.07 bits per heavy atom. The molecule has 0 spiro atoms. The van der Waals surface area contributed by atoms with E-state index in [1.807, 2.05) is 42.5 Å². The van der Waals surface area contributed by atoms with Gasteiger partial charge in [-0.1, -0.05) is 77.3 Å². The first-order valence-electron chi connectivity index (χ1n) is 15.3. The lowest BCUT2D eigenvalue weighted by Gasteiger charge is -2.26. The highest BCUT2D eigenvalue weighted by Crippen LogP contribution is 2.41. The van der Waals surface area contributed by atoms with Crippen LogP contribution in [0.5, 0.6) is 5.75 Å². The molecular weight excluding hydrogens is 641 g/mol. The number of hydrogen-bond donors (Lipinski definition) is 2. The van der Waals surface area contributed by atoms with E-state index < -0.39 is 5.60 Å². The first-order chi connectivity index (χ1) is 22.0. The van der Waals surface area contributed by atoms with Crippen molar-refractivity contribution in [3.63, 3.8) is 0 Å². The average Bonchev–Trinajstić information content (AvgIpc) is 3.88. The molecule has 0 bridgehead atoms. The number of methoxy groups -OCH3 is 1. The summed E-state index contributed by atoms with van der Waals surface area (Å²) in [6, 6.07) is 21.2. The van der Waals surface area contributed by atoms with Gasteiger partial charge in [0.05, 0.1) is 39.2 Å². The highest BCUT2D eigenvalue weighted by molar-refractivity contribution is 6.44. The predicted molar refractivity (Wildman–Crippen MR) is 186 cm³/mol. The third kappa shape index (κ3) is 6.50. The molecule has 1 saturated carbocycles. The first-order valence-corrected chi connectivity index (χ1v) is 16.5. The van der Waals surface area contributed by atoms with Gasteiger partial charge in [-0.25, -0.2) is 0 Å². The molecule has 0 radical (unpaired) electrons. The van der Waals surface area contributed by atoms with Crippen molar-refractivity contribution in [2.75, 3.05) is 20.2 Å². The Balaban J connectivity index is 1.40. The molecule has 2 heterocycles. The van der Waals surface area contributed by atoms with Crippen molar-refractivity contribution >= 4 is 52.5 Å². The Hall–Kier alpha value is -3.55. The number of fused-ring (bicyclic) bond motifs is 1. The highest BCUT2D eigenvalue weighted by Gasteiger charge is 2.30. The molecular formula is C37H36Cl3N3O3. The maximum absolute atomic E-state index is 13.8. The molecule has 1 atom stereocenters. The van der Waals surface area contributed by atoms with E-state index in [-0.39, 0.29) is 23.4 Å². The predicted octanol–water partition coefficient (Wildman–Crippen LogP) is 6.89. The Bertz CT molecular complexity index is 1940. The van der Waals surface area contributed by atoms with E-state index in [1.54, 1.807) is 45.2 Å². The molecule has 1 fully saturated rings. The van der Waals surface area contributed by atoms with Gasteiger partial charge in [0, 0.05) is 58.4 Å². The van der Waals surface area contributed by atoms with Crippen LogP contribution in [0.25, 0.3) is 23.0 Å². The number of aromatic nitrogens is 1. The molecule has 2 N–H and O–H groups in total. The van der Waals surface area contributed by atoms with Crippen LogP contribution in [0.4, 0.5) is 0 Å². The van der Waals surface area contributed by atoms with Crippen LogP contribution in [-0.4, -0.2) is 47.1 Å². The van der Waals surface area contributed by atoms with Gasteiger partial charge in [-0.2, -0.15) is 0 Å². The number of carbonyl (C=O) groups excluding carboxylic acids is 1. The lowest BCUT2D eigenvalue weighted by molar-refractivity contribution is 0.0785. The van der Waals surface area contributed by atoms with E-state index in [1.165, 1.54) is 18.4 Å². The number of aliphatic hydroxyl groups is 1. The minimum absolute atomic E-state index is 0.230. The number of ether oxygens (including phenoxy) is 1. The van der Waals surface area contributed by atoms with Crippen LogP contribution < -0.4 is 20.5 Å². The van der Waals surface area contributed by atoms with Crippen molar-refractivity contribution in [1.82, 2.24) is 15.2 Å². The summed E-state index contributed by atoms with van der Waals surface area (Å²) in [6.45, 7) is 6.56. The summed E-state index contributed by atoms with van der Waals surface area (Å²) in [5, 5.41) is 17.3. The number of carbonyl (C=O) groups is 1. The molecule has 1 aliphatic carbocycles. The van der Waals surface area contributed by atoms with E-state index in [0.29, 0.717) is 49.9 Å². The maximum Gasteiger partial charge on any atom is 0.251 e. The van der Waals surface area contributed by atoms with Crippen LogP contribution in [0.3, 0.4) is 0 Å². The second-order valence-corrected chi connectivity index (χ2v) is 13.7. The summed E-state index contributed by atoms with van der Waals surface area (Å²) in [5.41, 5.74) is 3.42. The van der Waals surface area contributed by atoms with E-state index in [4.69, 9.17) is 44.5 Å². The smallest absolute Gasteiger partial charge is 0.251 e. The van der Waals surface area contributed by atoms with E-state index in [0.717, 1.165) is 22.5 Å². The molecule has 1 amide bonds. The molecule has 6 nitrogen and oxygen atoms in total. The first kappa shape index (κ1) is 32.4. The molecule has 9 heteroatoms. The zero-order chi connectivity index (χ0) is 32.7. The largest absolute Gasteiger partial charge is 0.496 e. The molecule has 238 valence electrons. The summed E-state index contributed by atoms with van der Waals surface area (Å²) >= 11 is 19.9. The van der Waals surface area contributed by atoms with Crippen molar-refractivity contribution in [2.45, 2.75) is 51.2 Å². The highest BCUT2D eigenvalue weighted by atomic mass is 35.5. The molecule has 1 aliphatic heterocycles. The van der Waals surface area contributed by atoms with Crippen LogP contribution in [0.1, 0.15) is 66.7 Å². The Kier molecular flexibility index (Phi) is 9.10. The number of hydrogen-bond acceptors (Lipinski definition) is 5. The van der Waals surface area contributed by atoms with E-state index in [2.05, 4.69) is 23.3 Å². The second-order valence-electron chi connectivity index (χ2n) is 12.5. The molecule has 0 saturated heterocycles. The van der Waals surface area contributed by atoms with Crippen molar-refractivity contribution in [1.29, 1.82) is 0 Å². The number of halogens is 3. The minimum atomic E-state index is -1.29. The number of nitrogens with zero attached hydrogens (tertiary/aromatic N) is 2. The summed E-state index contributed by atoms with van der Waals surface area (Å²) in [7, 11) is 1.64. The lowest BCUT2D eigenvalue weighted by Crippen LogP contribution is -2.41. The molecule has 1 unspecified atom stereocenters. The van der Waals surface area contributed by atoms with Crippen LogP contribution >= 0.6 is 34.8 Å². The van der Waals surface area contributed by atoms with Crippen molar-refractivity contribution in [2.24, 2.45) is 0 Å². The Morgan fingerprint density at radius 2 is 1.80 bits per heavy atom.